The molecule has 1 amide bonds. The molecule has 1 saturated carbocycles. The molecule has 3 aliphatic rings. The molecule has 0 spiro atoms. The topological polar surface area (TPSA) is 68.3 Å². The summed E-state index contributed by atoms with van der Waals surface area (Å²) < 4.78 is 5.79. The van der Waals surface area contributed by atoms with Gasteiger partial charge in [-0.25, -0.2) is 0 Å². The first-order valence-corrected chi connectivity index (χ1v) is 13.0. The predicted molar refractivity (Wildman–Crippen MR) is 140 cm³/mol. The summed E-state index contributed by atoms with van der Waals surface area (Å²) in [4.78, 5) is 19.2. The number of nitrogens with one attached hydrogen (secondary N) is 1. The van der Waals surface area contributed by atoms with Crippen LogP contribution in [0.2, 0.25) is 0 Å². The van der Waals surface area contributed by atoms with Gasteiger partial charge in [0.2, 0.25) is 6.41 Å². The zero-order valence-corrected chi connectivity index (χ0v) is 21.1. The molecule has 2 aliphatic heterocycles. The van der Waals surface area contributed by atoms with Crippen LogP contribution in [0.4, 0.5) is 11.4 Å². The van der Waals surface area contributed by atoms with Crippen molar-refractivity contribution in [2.24, 2.45) is 5.92 Å². The van der Waals surface area contributed by atoms with E-state index in [-0.39, 0.29) is 18.1 Å². The van der Waals surface area contributed by atoms with Crippen molar-refractivity contribution in [3.63, 3.8) is 0 Å². The molecular formula is C28H38N4O3. The Morgan fingerprint density at radius 1 is 1.06 bits per heavy atom. The summed E-state index contributed by atoms with van der Waals surface area (Å²) in [7, 11) is 0. The Kier molecular flexibility index (Phi) is 7.00. The highest BCUT2D eigenvalue weighted by Gasteiger charge is 2.35. The third-order valence-corrected chi connectivity index (χ3v) is 7.27. The van der Waals surface area contributed by atoms with Gasteiger partial charge in [-0.05, 0) is 74.9 Å². The Balaban J connectivity index is 1.43. The molecule has 0 radical (unpaired) electrons. The number of aliphatic hydroxyl groups is 1. The second kappa shape index (κ2) is 10.2. The number of amides is 1. The zero-order chi connectivity index (χ0) is 24.5. The molecule has 5 rings (SSSR count). The van der Waals surface area contributed by atoms with Gasteiger partial charge in [0.25, 0.3) is 5.91 Å². The average molecular weight is 479 g/mol. The summed E-state index contributed by atoms with van der Waals surface area (Å²) in [6, 6.07) is 14.7. The molecule has 1 unspecified atom stereocenters. The Labute approximate surface area is 208 Å². The van der Waals surface area contributed by atoms with Crippen LogP contribution < -0.4 is 15.1 Å². The van der Waals surface area contributed by atoms with E-state index in [9.17, 15) is 9.90 Å². The van der Waals surface area contributed by atoms with Crippen molar-refractivity contribution in [2.75, 3.05) is 49.1 Å². The van der Waals surface area contributed by atoms with E-state index in [1.54, 1.807) is 0 Å². The van der Waals surface area contributed by atoms with Crippen molar-refractivity contribution in [1.82, 2.24) is 10.2 Å². The minimum absolute atomic E-state index is 0.0720. The van der Waals surface area contributed by atoms with E-state index < -0.39 is 6.41 Å². The summed E-state index contributed by atoms with van der Waals surface area (Å²) in [5, 5.41) is 14.2. The van der Waals surface area contributed by atoms with Gasteiger partial charge in [-0.15, -0.1) is 0 Å². The Morgan fingerprint density at radius 2 is 1.74 bits per heavy atom. The molecule has 2 aromatic carbocycles. The average Bonchev–Trinajstić information content (AvgIpc) is 3.69. The highest BCUT2D eigenvalue weighted by atomic mass is 16.6. The maximum Gasteiger partial charge on any atom is 0.253 e. The predicted octanol–water partition coefficient (Wildman–Crippen LogP) is 3.52. The third kappa shape index (κ3) is 5.32. The number of ether oxygens (including phenoxy) is 1. The van der Waals surface area contributed by atoms with Crippen LogP contribution in [0, 0.1) is 5.92 Å². The second-order valence-electron chi connectivity index (χ2n) is 10.4. The molecule has 1 saturated heterocycles. The lowest BCUT2D eigenvalue weighted by Gasteiger charge is -2.45. The number of carbonyl (C=O) groups is 1. The highest BCUT2D eigenvalue weighted by molar-refractivity contribution is 5.95. The zero-order valence-electron chi connectivity index (χ0n) is 21.1. The van der Waals surface area contributed by atoms with E-state index >= 15 is 0 Å². The molecule has 2 fully saturated rings. The molecular weight excluding hydrogens is 440 g/mol. The van der Waals surface area contributed by atoms with Crippen molar-refractivity contribution in [3.8, 4) is 11.1 Å². The highest BCUT2D eigenvalue weighted by Crippen LogP contribution is 2.42. The lowest BCUT2D eigenvalue weighted by molar-refractivity contribution is -0.125. The number of benzene rings is 2. The van der Waals surface area contributed by atoms with E-state index in [4.69, 9.17) is 4.74 Å². The van der Waals surface area contributed by atoms with Gasteiger partial charge in [0.1, 0.15) is 0 Å². The van der Waals surface area contributed by atoms with Crippen LogP contribution >= 0.6 is 0 Å². The number of hydrogen-bond donors (Lipinski definition) is 2. The van der Waals surface area contributed by atoms with Gasteiger partial charge < -0.3 is 29.9 Å². The van der Waals surface area contributed by atoms with Gasteiger partial charge in [0, 0.05) is 50.9 Å². The van der Waals surface area contributed by atoms with E-state index in [1.165, 1.54) is 12.8 Å². The maximum atomic E-state index is 12.8. The summed E-state index contributed by atoms with van der Waals surface area (Å²) in [5.74, 6) is 0.863. The fourth-order valence-corrected chi connectivity index (χ4v) is 5.13. The fourth-order valence-electron chi connectivity index (χ4n) is 5.13. The largest absolute Gasteiger partial charge is 0.365 e. The molecule has 35 heavy (non-hydrogen) atoms. The van der Waals surface area contributed by atoms with Gasteiger partial charge >= 0.3 is 0 Å². The molecule has 2 N–H and O–H groups in total. The number of piperazine rings is 1. The van der Waals surface area contributed by atoms with Crippen molar-refractivity contribution >= 4 is 17.3 Å². The molecule has 7 nitrogen and oxygen atoms in total. The molecule has 2 heterocycles. The Morgan fingerprint density at radius 3 is 2.40 bits per heavy atom. The van der Waals surface area contributed by atoms with Crippen LogP contribution in [-0.4, -0.2) is 73.7 Å². The maximum absolute atomic E-state index is 12.8. The van der Waals surface area contributed by atoms with Crippen molar-refractivity contribution in [2.45, 2.75) is 52.2 Å². The van der Waals surface area contributed by atoms with Gasteiger partial charge in [0.15, 0.2) is 0 Å². The minimum Gasteiger partial charge on any atom is -0.365 e. The van der Waals surface area contributed by atoms with Crippen molar-refractivity contribution in [1.29, 1.82) is 0 Å². The SMILES string of the molecule is CC(C)OC(O)N1C[C@H](C)N(CC2CC2)c2ccc(-c3ccc(C(=O)N4CCNCC4)cc3)cc21. The number of anilines is 2. The lowest BCUT2D eigenvalue weighted by Crippen LogP contribution is -2.52. The minimum atomic E-state index is -0.992. The first kappa shape index (κ1) is 24.1. The van der Waals surface area contributed by atoms with E-state index in [1.807, 2.05) is 47.9 Å². The number of nitrogens with zero attached hydrogens (tertiary/aromatic N) is 3. The summed E-state index contributed by atoms with van der Waals surface area (Å²) in [5.41, 5.74) is 4.98. The Hall–Kier alpha value is -2.61. The molecule has 2 aromatic rings. The van der Waals surface area contributed by atoms with Crippen LogP contribution in [-0.2, 0) is 4.74 Å². The first-order chi connectivity index (χ1) is 16.9. The quantitative estimate of drug-likeness (QED) is 0.594. The smallest absolute Gasteiger partial charge is 0.253 e. The molecule has 0 aromatic heterocycles. The summed E-state index contributed by atoms with van der Waals surface area (Å²) in [6.45, 7) is 11.1. The molecule has 2 atom stereocenters. The van der Waals surface area contributed by atoms with Gasteiger partial charge in [0.05, 0.1) is 17.5 Å². The first-order valence-electron chi connectivity index (χ1n) is 13.0. The van der Waals surface area contributed by atoms with Crippen LogP contribution in [0.1, 0.15) is 44.0 Å². The van der Waals surface area contributed by atoms with Crippen LogP contribution in [0.25, 0.3) is 11.1 Å². The standard InChI is InChI=1S/C28H38N4O3/c1-19(2)35-28(34)32-17-20(3)31(18-21-4-5-21)25-11-10-24(16-26(25)32)22-6-8-23(9-7-22)27(33)30-14-12-29-13-15-30/h6-11,16,19-21,28-29,34H,4-5,12-15,17-18H2,1-3H3/t20-,28?/m0/s1. The third-order valence-electron chi connectivity index (χ3n) is 7.27. The fraction of sp³-hybridized carbons (Fsp3) is 0.536. The number of rotatable bonds is 7. The molecule has 0 bridgehead atoms. The van der Waals surface area contributed by atoms with Gasteiger partial charge in [-0.2, -0.15) is 0 Å². The van der Waals surface area contributed by atoms with Crippen molar-refractivity contribution < 1.29 is 14.6 Å². The molecule has 188 valence electrons. The summed E-state index contributed by atoms with van der Waals surface area (Å²) >= 11 is 0. The van der Waals surface area contributed by atoms with Gasteiger partial charge in [-0.1, -0.05) is 18.2 Å². The molecule has 1 aliphatic carbocycles. The second-order valence-corrected chi connectivity index (χ2v) is 10.4. The summed E-state index contributed by atoms with van der Waals surface area (Å²) in [6.07, 6.45) is 1.54. The number of aliphatic hydroxyl groups excluding tert-OH is 1. The monoisotopic (exact) mass is 478 g/mol. The van der Waals surface area contributed by atoms with Crippen LogP contribution in [0.3, 0.4) is 0 Å². The Bertz CT molecular complexity index is 1030. The lowest BCUT2D eigenvalue weighted by atomic mass is 9.99. The van der Waals surface area contributed by atoms with E-state index in [0.29, 0.717) is 6.54 Å². The van der Waals surface area contributed by atoms with Crippen molar-refractivity contribution in [3.05, 3.63) is 48.0 Å². The van der Waals surface area contributed by atoms with Gasteiger partial charge in [-0.3, -0.25) is 4.79 Å². The normalized spacial score (nSPS) is 21.3. The molecule has 7 heteroatoms. The van der Waals surface area contributed by atoms with E-state index in [0.717, 1.165) is 66.7 Å². The number of hydrogen-bond acceptors (Lipinski definition) is 6. The number of carbonyl (C=O) groups excluding carboxylic acids is 1. The van der Waals surface area contributed by atoms with Crippen LogP contribution in [0.5, 0.6) is 0 Å². The van der Waals surface area contributed by atoms with E-state index in [2.05, 4.69) is 35.3 Å². The number of fused-ring (bicyclic) bond motifs is 1. The van der Waals surface area contributed by atoms with Crippen LogP contribution in [0.15, 0.2) is 42.5 Å².